The molecule has 0 aliphatic rings. The van der Waals surface area contributed by atoms with Crippen LogP contribution in [0.5, 0.6) is 0 Å². The van der Waals surface area contributed by atoms with Crippen LogP contribution in [-0.4, -0.2) is 45.0 Å². The lowest BCUT2D eigenvalue weighted by Crippen LogP contribution is -2.13. The van der Waals surface area contributed by atoms with Crippen LogP contribution in [0.25, 0.3) is 11.3 Å². The zero-order valence-corrected chi connectivity index (χ0v) is 15.5. The quantitative estimate of drug-likeness (QED) is 0.510. The highest BCUT2D eigenvalue weighted by molar-refractivity contribution is 6.30. The summed E-state index contributed by atoms with van der Waals surface area (Å²) in [7, 11) is 3.69. The van der Waals surface area contributed by atoms with E-state index in [2.05, 4.69) is 15.5 Å². The minimum atomic E-state index is -0.149. The molecule has 0 amide bonds. The fraction of sp³-hybridized carbons (Fsp3) is 0.158. The Morgan fingerprint density at radius 1 is 1.08 bits per heavy atom. The second kappa shape index (κ2) is 7.49. The van der Waals surface area contributed by atoms with E-state index >= 15 is 0 Å². The summed E-state index contributed by atoms with van der Waals surface area (Å²) < 4.78 is 1.53. The number of hydrogen-bond acceptors (Lipinski definition) is 5. The third kappa shape index (κ3) is 3.81. The first-order chi connectivity index (χ1) is 12.5. The molecule has 3 rings (SSSR count). The highest BCUT2D eigenvalue weighted by Crippen LogP contribution is 2.22. The van der Waals surface area contributed by atoms with Crippen LogP contribution in [0, 0.1) is 6.92 Å². The van der Waals surface area contributed by atoms with E-state index in [9.17, 15) is 4.79 Å². The fourth-order valence-electron chi connectivity index (χ4n) is 2.45. The molecule has 0 aliphatic heterocycles. The fourth-order valence-corrected chi connectivity index (χ4v) is 2.57. The van der Waals surface area contributed by atoms with Crippen molar-refractivity contribution in [1.82, 2.24) is 25.1 Å². The Bertz CT molecular complexity index is 943. The Morgan fingerprint density at radius 2 is 1.73 bits per heavy atom. The number of nitrogens with zero attached hydrogens (tertiary/aromatic N) is 5. The number of carbonyl (C=O) groups excluding carboxylic acids is 1. The zero-order valence-electron chi connectivity index (χ0n) is 14.7. The number of allylic oxidation sites excluding steroid dienone is 1. The SMILES string of the molecule is Cc1ccc(C(=O)/C(=C/N(C)C)c2nnnn2-c2ccc(Cl)cc2)cc1. The van der Waals surface area contributed by atoms with E-state index in [1.807, 2.05) is 33.2 Å². The summed E-state index contributed by atoms with van der Waals surface area (Å²) in [4.78, 5) is 14.9. The Labute approximate surface area is 156 Å². The van der Waals surface area contributed by atoms with Gasteiger partial charge in [-0.3, -0.25) is 4.79 Å². The smallest absolute Gasteiger partial charge is 0.198 e. The van der Waals surface area contributed by atoms with Crippen LogP contribution in [0.1, 0.15) is 21.7 Å². The van der Waals surface area contributed by atoms with Crippen molar-refractivity contribution in [2.45, 2.75) is 6.92 Å². The molecule has 6 nitrogen and oxygen atoms in total. The van der Waals surface area contributed by atoms with Gasteiger partial charge in [-0.15, -0.1) is 5.10 Å². The van der Waals surface area contributed by atoms with Crippen LogP contribution in [0.4, 0.5) is 0 Å². The van der Waals surface area contributed by atoms with E-state index in [4.69, 9.17) is 11.6 Å². The van der Waals surface area contributed by atoms with Crippen LogP contribution in [0.3, 0.4) is 0 Å². The van der Waals surface area contributed by atoms with Gasteiger partial charge in [0.05, 0.1) is 11.3 Å². The Morgan fingerprint density at radius 3 is 2.35 bits per heavy atom. The molecule has 0 aliphatic carbocycles. The number of Topliss-reactive ketones (excluding diaryl/α,β-unsaturated/α-hetero) is 1. The number of carbonyl (C=O) groups is 1. The third-order valence-corrected chi connectivity index (χ3v) is 3.98. The number of aromatic nitrogens is 4. The summed E-state index contributed by atoms with van der Waals surface area (Å²) >= 11 is 5.95. The maximum atomic E-state index is 13.1. The molecule has 0 saturated carbocycles. The van der Waals surface area contributed by atoms with Gasteiger partial charge in [-0.25, -0.2) is 0 Å². The molecular weight excluding hydrogens is 350 g/mol. The van der Waals surface area contributed by atoms with Gasteiger partial charge in [0.2, 0.25) is 0 Å². The summed E-state index contributed by atoms with van der Waals surface area (Å²) in [5.41, 5.74) is 2.79. The van der Waals surface area contributed by atoms with Gasteiger partial charge in [0.25, 0.3) is 0 Å². The molecule has 1 heterocycles. The second-order valence-electron chi connectivity index (χ2n) is 6.09. The minimum absolute atomic E-state index is 0.149. The van der Waals surface area contributed by atoms with Crippen molar-refractivity contribution in [3.63, 3.8) is 0 Å². The second-order valence-corrected chi connectivity index (χ2v) is 6.53. The zero-order chi connectivity index (χ0) is 18.7. The topological polar surface area (TPSA) is 63.9 Å². The molecule has 0 unspecified atom stereocenters. The summed E-state index contributed by atoms with van der Waals surface area (Å²) in [5.74, 6) is 0.218. The van der Waals surface area contributed by atoms with Gasteiger partial charge in [-0.2, -0.15) is 4.68 Å². The molecule has 0 atom stereocenters. The van der Waals surface area contributed by atoms with Crippen molar-refractivity contribution >= 4 is 23.0 Å². The maximum absolute atomic E-state index is 13.1. The minimum Gasteiger partial charge on any atom is -0.383 e. The molecule has 2 aromatic carbocycles. The van der Waals surface area contributed by atoms with E-state index in [1.165, 1.54) is 4.68 Å². The van der Waals surface area contributed by atoms with Crippen LogP contribution in [-0.2, 0) is 0 Å². The van der Waals surface area contributed by atoms with E-state index in [0.29, 0.717) is 22.0 Å². The largest absolute Gasteiger partial charge is 0.383 e. The first-order valence-corrected chi connectivity index (χ1v) is 8.38. The molecule has 3 aromatic rings. The summed E-state index contributed by atoms with van der Waals surface area (Å²) in [5, 5.41) is 12.5. The van der Waals surface area contributed by atoms with E-state index < -0.39 is 0 Å². The van der Waals surface area contributed by atoms with E-state index in [1.54, 1.807) is 47.5 Å². The van der Waals surface area contributed by atoms with Crippen LogP contribution in [0.2, 0.25) is 5.02 Å². The molecule has 7 heteroatoms. The first-order valence-electron chi connectivity index (χ1n) is 8.00. The van der Waals surface area contributed by atoms with Gasteiger partial charge >= 0.3 is 0 Å². The maximum Gasteiger partial charge on any atom is 0.198 e. The Kier molecular flexibility index (Phi) is 5.14. The first kappa shape index (κ1) is 17.8. The van der Waals surface area contributed by atoms with Gasteiger partial charge in [0.1, 0.15) is 0 Å². The molecular formula is C19H18ClN5O. The lowest BCUT2D eigenvalue weighted by atomic mass is 10.0. The number of aryl methyl sites for hydroxylation is 1. The van der Waals surface area contributed by atoms with Gasteiger partial charge in [0.15, 0.2) is 11.6 Å². The summed E-state index contributed by atoms with van der Waals surface area (Å²) in [6.07, 6.45) is 1.72. The molecule has 0 N–H and O–H groups in total. The van der Waals surface area contributed by atoms with E-state index in [-0.39, 0.29) is 5.78 Å². The van der Waals surface area contributed by atoms with E-state index in [0.717, 1.165) is 11.3 Å². The van der Waals surface area contributed by atoms with Crippen LogP contribution >= 0.6 is 11.6 Å². The predicted octanol–water partition coefficient (Wildman–Crippen LogP) is 3.41. The summed E-state index contributed by atoms with van der Waals surface area (Å²) in [6, 6.07) is 14.5. The van der Waals surface area contributed by atoms with Crippen molar-refractivity contribution in [1.29, 1.82) is 0 Å². The lowest BCUT2D eigenvalue weighted by molar-refractivity contribution is 0.105. The molecule has 0 radical (unpaired) electrons. The van der Waals surface area contributed by atoms with Gasteiger partial charge < -0.3 is 4.90 Å². The normalized spacial score (nSPS) is 11.5. The number of benzene rings is 2. The monoisotopic (exact) mass is 367 g/mol. The number of ketones is 1. The van der Waals surface area contributed by atoms with Crippen molar-refractivity contribution in [3.05, 3.63) is 76.7 Å². The number of hydrogen-bond donors (Lipinski definition) is 0. The molecule has 132 valence electrons. The summed E-state index contributed by atoms with van der Waals surface area (Å²) in [6.45, 7) is 1.98. The molecule has 0 fully saturated rings. The lowest BCUT2D eigenvalue weighted by Gasteiger charge is -2.12. The molecule has 0 saturated heterocycles. The molecule has 26 heavy (non-hydrogen) atoms. The van der Waals surface area contributed by atoms with Crippen LogP contribution in [0.15, 0.2) is 54.7 Å². The van der Waals surface area contributed by atoms with Gasteiger partial charge in [0, 0.05) is 30.9 Å². The molecule has 0 bridgehead atoms. The molecule has 0 spiro atoms. The van der Waals surface area contributed by atoms with Crippen LogP contribution < -0.4 is 0 Å². The average Bonchev–Trinajstić information content (AvgIpc) is 3.09. The third-order valence-electron chi connectivity index (χ3n) is 3.73. The predicted molar refractivity (Wildman–Crippen MR) is 101 cm³/mol. The van der Waals surface area contributed by atoms with Crippen molar-refractivity contribution < 1.29 is 4.79 Å². The highest BCUT2D eigenvalue weighted by Gasteiger charge is 2.22. The highest BCUT2D eigenvalue weighted by atomic mass is 35.5. The Hall–Kier alpha value is -2.99. The average molecular weight is 368 g/mol. The molecule has 1 aromatic heterocycles. The number of rotatable bonds is 5. The van der Waals surface area contributed by atoms with Crippen molar-refractivity contribution in [2.75, 3.05) is 14.1 Å². The van der Waals surface area contributed by atoms with Crippen molar-refractivity contribution in [2.24, 2.45) is 0 Å². The van der Waals surface area contributed by atoms with Crippen molar-refractivity contribution in [3.8, 4) is 5.69 Å². The Balaban J connectivity index is 2.08. The number of tetrazole rings is 1. The standard InChI is InChI=1S/C19H18ClN5O/c1-13-4-6-14(7-5-13)18(26)17(12-24(2)3)19-21-22-23-25(19)16-10-8-15(20)9-11-16/h4-12H,1-3H3/b17-12-. The van der Waals surface area contributed by atoms with Gasteiger partial charge in [-0.05, 0) is 41.6 Å². The van der Waals surface area contributed by atoms with Gasteiger partial charge in [-0.1, -0.05) is 41.4 Å². The number of halogens is 1.